The topological polar surface area (TPSA) is 74.3 Å². The molecule has 6 nitrogen and oxygen atoms in total. The quantitative estimate of drug-likeness (QED) is 0.368. The Labute approximate surface area is 102 Å². The molecule has 1 aromatic heterocycles. The average Bonchev–Trinajstić information content (AvgIpc) is 2.86. The van der Waals surface area contributed by atoms with Crippen molar-refractivity contribution in [2.24, 2.45) is 4.99 Å². The monoisotopic (exact) mass is 239 g/mol. The summed E-state index contributed by atoms with van der Waals surface area (Å²) < 4.78 is 5.25. The second-order valence-corrected chi connectivity index (χ2v) is 3.48. The minimum atomic E-state index is 0.686. The van der Waals surface area contributed by atoms with E-state index in [1.165, 1.54) is 0 Å². The number of aromatic amines is 1. The molecule has 0 spiro atoms. The Morgan fingerprint density at radius 3 is 3.06 bits per heavy atom. The van der Waals surface area contributed by atoms with Crippen molar-refractivity contribution in [2.75, 3.05) is 26.8 Å². The lowest BCUT2D eigenvalue weighted by Gasteiger charge is -2.10. The van der Waals surface area contributed by atoms with Gasteiger partial charge in [-0.25, -0.2) is 0 Å². The average molecular weight is 239 g/mol. The van der Waals surface area contributed by atoms with E-state index >= 15 is 0 Å². The van der Waals surface area contributed by atoms with E-state index in [4.69, 9.17) is 4.74 Å². The number of aliphatic imine (C=N–C) groups is 1. The lowest BCUT2D eigenvalue weighted by atomic mass is 10.4. The number of hydrogen-bond donors (Lipinski definition) is 3. The Kier molecular flexibility index (Phi) is 6.81. The summed E-state index contributed by atoms with van der Waals surface area (Å²) in [5.74, 6) is 0.788. The van der Waals surface area contributed by atoms with Gasteiger partial charge >= 0.3 is 0 Å². The molecule has 1 rings (SSSR count). The first kappa shape index (κ1) is 13.5. The van der Waals surface area contributed by atoms with Crippen LogP contribution in [0.1, 0.15) is 19.0 Å². The van der Waals surface area contributed by atoms with Crippen LogP contribution in [-0.4, -0.2) is 43.0 Å². The van der Waals surface area contributed by atoms with Crippen molar-refractivity contribution in [1.29, 1.82) is 0 Å². The highest BCUT2D eigenvalue weighted by atomic mass is 16.5. The van der Waals surface area contributed by atoms with E-state index in [2.05, 4.69) is 25.8 Å². The van der Waals surface area contributed by atoms with Gasteiger partial charge in [0.15, 0.2) is 5.96 Å². The number of nitrogens with zero attached hydrogens (tertiary/aromatic N) is 2. The molecule has 0 fully saturated rings. The first-order chi connectivity index (χ1) is 8.36. The SMILES string of the molecule is CCOCCCNC(=NC)NCc1ccn[nH]1. The van der Waals surface area contributed by atoms with E-state index in [0.717, 1.165) is 37.8 Å². The fourth-order valence-corrected chi connectivity index (χ4v) is 1.31. The summed E-state index contributed by atoms with van der Waals surface area (Å²) in [7, 11) is 1.75. The van der Waals surface area contributed by atoms with Crippen LogP contribution in [-0.2, 0) is 11.3 Å². The van der Waals surface area contributed by atoms with Crippen LogP contribution >= 0.6 is 0 Å². The number of rotatable bonds is 7. The smallest absolute Gasteiger partial charge is 0.191 e. The first-order valence-electron chi connectivity index (χ1n) is 5.87. The summed E-state index contributed by atoms with van der Waals surface area (Å²) in [4.78, 5) is 4.12. The number of aromatic nitrogens is 2. The van der Waals surface area contributed by atoms with Gasteiger partial charge in [0.2, 0.25) is 0 Å². The summed E-state index contributed by atoms with van der Waals surface area (Å²) in [6, 6.07) is 1.93. The Morgan fingerprint density at radius 2 is 2.41 bits per heavy atom. The van der Waals surface area contributed by atoms with Crippen molar-refractivity contribution in [2.45, 2.75) is 19.9 Å². The van der Waals surface area contributed by atoms with Crippen LogP contribution in [0.5, 0.6) is 0 Å². The van der Waals surface area contributed by atoms with Gasteiger partial charge in [-0.05, 0) is 19.4 Å². The molecule has 1 heterocycles. The summed E-state index contributed by atoms with van der Waals surface area (Å²) in [5, 5.41) is 13.2. The maximum atomic E-state index is 5.25. The summed E-state index contributed by atoms with van der Waals surface area (Å²) in [5.41, 5.74) is 1.03. The predicted octanol–water partition coefficient (Wildman–Crippen LogP) is 0.501. The molecule has 0 aliphatic carbocycles. The van der Waals surface area contributed by atoms with Gasteiger partial charge in [0.05, 0.1) is 12.2 Å². The van der Waals surface area contributed by atoms with E-state index in [1.807, 2.05) is 13.0 Å². The third kappa shape index (κ3) is 5.91. The Balaban J connectivity index is 2.12. The minimum absolute atomic E-state index is 0.686. The Morgan fingerprint density at radius 1 is 1.53 bits per heavy atom. The fraction of sp³-hybridized carbons (Fsp3) is 0.636. The molecule has 0 aliphatic heterocycles. The highest BCUT2D eigenvalue weighted by Gasteiger charge is 1.98. The number of guanidine groups is 1. The lowest BCUT2D eigenvalue weighted by molar-refractivity contribution is 0.145. The molecular weight excluding hydrogens is 218 g/mol. The zero-order valence-electron chi connectivity index (χ0n) is 10.5. The molecule has 3 N–H and O–H groups in total. The van der Waals surface area contributed by atoms with Crippen LogP contribution in [0.2, 0.25) is 0 Å². The molecule has 17 heavy (non-hydrogen) atoms. The van der Waals surface area contributed by atoms with Crippen molar-refractivity contribution >= 4 is 5.96 Å². The van der Waals surface area contributed by atoms with Gasteiger partial charge in [-0.15, -0.1) is 0 Å². The normalized spacial score (nSPS) is 11.5. The maximum Gasteiger partial charge on any atom is 0.191 e. The number of ether oxygens (including phenoxy) is 1. The fourth-order valence-electron chi connectivity index (χ4n) is 1.31. The number of hydrogen-bond acceptors (Lipinski definition) is 3. The maximum absolute atomic E-state index is 5.25. The van der Waals surface area contributed by atoms with Crippen molar-refractivity contribution in [3.63, 3.8) is 0 Å². The van der Waals surface area contributed by atoms with Crippen molar-refractivity contribution in [3.8, 4) is 0 Å². The van der Waals surface area contributed by atoms with Crippen molar-refractivity contribution < 1.29 is 4.74 Å². The highest BCUT2D eigenvalue weighted by Crippen LogP contribution is 1.89. The minimum Gasteiger partial charge on any atom is -0.382 e. The zero-order chi connectivity index (χ0) is 12.3. The van der Waals surface area contributed by atoms with Gasteiger partial charge in [-0.2, -0.15) is 5.10 Å². The summed E-state index contributed by atoms with van der Waals surface area (Å²) in [6.07, 6.45) is 2.70. The standard InChI is InChI=1S/C11H21N5O/c1-3-17-8-4-6-13-11(12-2)14-9-10-5-7-15-16-10/h5,7H,3-4,6,8-9H2,1-2H3,(H,15,16)(H2,12,13,14). The molecule has 0 saturated heterocycles. The van der Waals surface area contributed by atoms with Crippen LogP contribution in [0.3, 0.4) is 0 Å². The largest absolute Gasteiger partial charge is 0.382 e. The van der Waals surface area contributed by atoms with Crippen molar-refractivity contribution in [1.82, 2.24) is 20.8 Å². The third-order valence-corrected chi connectivity index (χ3v) is 2.19. The molecular formula is C11H21N5O. The number of H-pyrrole nitrogens is 1. The molecule has 0 bridgehead atoms. The molecule has 0 aliphatic rings. The second kappa shape index (κ2) is 8.58. The van der Waals surface area contributed by atoms with Gasteiger partial charge in [0.1, 0.15) is 0 Å². The van der Waals surface area contributed by atoms with E-state index in [-0.39, 0.29) is 0 Å². The van der Waals surface area contributed by atoms with Gasteiger partial charge < -0.3 is 15.4 Å². The van der Waals surface area contributed by atoms with Crippen LogP contribution < -0.4 is 10.6 Å². The molecule has 0 amide bonds. The molecule has 1 aromatic rings. The van der Waals surface area contributed by atoms with Crippen molar-refractivity contribution in [3.05, 3.63) is 18.0 Å². The van der Waals surface area contributed by atoms with E-state index in [9.17, 15) is 0 Å². The Bertz CT molecular complexity index is 310. The molecule has 0 unspecified atom stereocenters. The van der Waals surface area contributed by atoms with Crippen LogP contribution in [0.4, 0.5) is 0 Å². The molecule has 96 valence electrons. The molecule has 0 atom stereocenters. The number of nitrogens with one attached hydrogen (secondary N) is 3. The lowest BCUT2D eigenvalue weighted by Crippen LogP contribution is -2.37. The van der Waals surface area contributed by atoms with Gasteiger partial charge in [-0.1, -0.05) is 0 Å². The van der Waals surface area contributed by atoms with E-state index in [1.54, 1.807) is 13.2 Å². The van der Waals surface area contributed by atoms with E-state index < -0.39 is 0 Å². The van der Waals surface area contributed by atoms with E-state index in [0.29, 0.717) is 6.54 Å². The second-order valence-electron chi connectivity index (χ2n) is 3.48. The third-order valence-electron chi connectivity index (χ3n) is 2.19. The Hall–Kier alpha value is -1.56. The molecule has 6 heteroatoms. The predicted molar refractivity (Wildman–Crippen MR) is 67.9 cm³/mol. The van der Waals surface area contributed by atoms with Gasteiger partial charge in [-0.3, -0.25) is 10.1 Å². The van der Waals surface area contributed by atoms with Gasteiger partial charge in [0.25, 0.3) is 0 Å². The van der Waals surface area contributed by atoms with Gasteiger partial charge in [0, 0.05) is 33.0 Å². The summed E-state index contributed by atoms with van der Waals surface area (Å²) >= 11 is 0. The molecule has 0 aromatic carbocycles. The van der Waals surface area contributed by atoms with Crippen LogP contribution in [0.25, 0.3) is 0 Å². The highest BCUT2D eigenvalue weighted by molar-refractivity contribution is 5.79. The van der Waals surface area contributed by atoms with Crippen LogP contribution in [0, 0.1) is 0 Å². The molecule has 0 radical (unpaired) electrons. The zero-order valence-corrected chi connectivity index (χ0v) is 10.5. The summed E-state index contributed by atoms with van der Waals surface area (Å²) in [6.45, 7) is 5.08. The van der Waals surface area contributed by atoms with Crippen LogP contribution in [0.15, 0.2) is 17.3 Å². The molecule has 0 saturated carbocycles. The first-order valence-corrected chi connectivity index (χ1v) is 5.87.